The van der Waals surface area contributed by atoms with Gasteiger partial charge in [0.15, 0.2) is 0 Å². The molecule has 2 heterocycles. The van der Waals surface area contributed by atoms with Crippen LogP contribution in [-0.4, -0.2) is 43.4 Å². The summed E-state index contributed by atoms with van der Waals surface area (Å²) in [5.41, 5.74) is 2.00. The molecule has 1 N–H and O–H groups in total. The zero-order valence-corrected chi connectivity index (χ0v) is 15.1. The summed E-state index contributed by atoms with van der Waals surface area (Å²) in [5.74, 6) is 1.58. The third-order valence-corrected chi connectivity index (χ3v) is 4.37. The molecule has 1 atom stereocenters. The Balaban J connectivity index is 1.90. The maximum atomic E-state index is 11.8. The van der Waals surface area contributed by atoms with Gasteiger partial charge in [0.25, 0.3) is 0 Å². The van der Waals surface area contributed by atoms with E-state index in [0.717, 1.165) is 11.1 Å². The topological polar surface area (TPSA) is 81.1 Å². The molecule has 0 aliphatic carbocycles. The van der Waals surface area contributed by atoms with Crippen LogP contribution in [0.5, 0.6) is 11.5 Å². The van der Waals surface area contributed by atoms with Crippen molar-refractivity contribution in [1.29, 1.82) is 0 Å². The Labute approximate surface area is 152 Å². The molecule has 0 saturated heterocycles. The fraction of sp³-hybridized carbons (Fsp3) is 0.368. The first-order valence-corrected chi connectivity index (χ1v) is 8.39. The summed E-state index contributed by atoms with van der Waals surface area (Å²) in [5, 5.41) is 10.7. The predicted octanol–water partition coefficient (Wildman–Crippen LogP) is 2.33. The molecule has 138 valence electrons. The molecule has 7 nitrogen and oxygen atoms in total. The molecule has 7 heteroatoms. The number of aliphatic hydroxyl groups is 1. The first-order valence-electron chi connectivity index (χ1n) is 8.39. The highest BCUT2D eigenvalue weighted by Crippen LogP contribution is 2.40. The molecule has 1 aliphatic rings. The summed E-state index contributed by atoms with van der Waals surface area (Å²) >= 11 is 0. The van der Waals surface area contributed by atoms with E-state index in [9.17, 15) is 9.90 Å². The molecule has 1 aromatic heterocycles. The number of nitrogens with zero attached hydrogens (tertiary/aromatic N) is 2. The van der Waals surface area contributed by atoms with E-state index in [4.69, 9.17) is 14.2 Å². The number of β-amino-alcohol motifs (C(OH)–C–C–N with tert-alkyl or cyclic N) is 1. The van der Waals surface area contributed by atoms with Crippen molar-refractivity contribution in [3.63, 3.8) is 0 Å². The van der Waals surface area contributed by atoms with Crippen LogP contribution in [0.25, 0.3) is 0 Å². The monoisotopic (exact) mass is 358 g/mol. The van der Waals surface area contributed by atoms with Crippen LogP contribution in [-0.2, 0) is 11.3 Å². The van der Waals surface area contributed by atoms with Gasteiger partial charge in [-0.2, -0.15) is 0 Å². The van der Waals surface area contributed by atoms with Crippen molar-refractivity contribution in [1.82, 2.24) is 4.98 Å². The van der Waals surface area contributed by atoms with E-state index in [0.29, 0.717) is 42.6 Å². The van der Waals surface area contributed by atoms with Gasteiger partial charge in [0, 0.05) is 23.9 Å². The van der Waals surface area contributed by atoms with Crippen molar-refractivity contribution in [2.45, 2.75) is 19.6 Å². The second kappa shape index (κ2) is 7.61. The minimum absolute atomic E-state index is 0.317. The highest BCUT2D eigenvalue weighted by molar-refractivity contribution is 5.89. The van der Waals surface area contributed by atoms with E-state index >= 15 is 0 Å². The van der Waals surface area contributed by atoms with Crippen LogP contribution in [0.1, 0.15) is 34.5 Å². The summed E-state index contributed by atoms with van der Waals surface area (Å²) in [6.45, 7) is 2.95. The van der Waals surface area contributed by atoms with E-state index in [1.807, 2.05) is 11.0 Å². The van der Waals surface area contributed by atoms with Gasteiger partial charge in [-0.05, 0) is 31.2 Å². The maximum absolute atomic E-state index is 11.8. The van der Waals surface area contributed by atoms with Crippen LogP contribution in [0.3, 0.4) is 0 Å². The smallest absolute Gasteiger partial charge is 0.339 e. The van der Waals surface area contributed by atoms with E-state index in [-0.39, 0.29) is 0 Å². The average molecular weight is 358 g/mol. The Morgan fingerprint density at radius 2 is 1.96 bits per heavy atom. The van der Waals surface area contributed by atoms with Crippen molar-refractivity contribution in [3.05, 3.63) is 47.2 Å². The van der Waals surface area contributed by atoms with Crippen molar-refractivity contribution >= 4 is 11.8 Å². The van der Waals surface area contributed by atoms with E-state index in [1.54, 1.807) is 39.3 Å². The number of esters is 1. The predicted molar refractivity (Wildman–Crippen MR) is 95.7 cm³/mol. The molecule has 0 amide bonds. The van der Waals surface area contributed by atoms with Crippen molar-refractivity contribution < 1.29 is 24.1 Å². The summed E-state index contributed by atoms with van der Waals surface area (Å²) in [6, 6.07) is 7.04. The minimum Gasteiger partial charge on any atom is -0.496 e. The minimum atomic E-state index is -0.740. The number of hydrogen-bond donors (Lipinski definition) is 1. The normalized spacial score (nSPS) is 16.0. The quantitative estimate of drug-likeness (QED) is 0.822. The molecule has 1 aliphatic heterocycles. The first-order chi connectivity index (χ1) is 12.6. The van der Waals surface area contributed by atoms with Gasteiger partial charge in [-0.1, -0.05) is 0 Å². The van der Waals surface area contributed by atoms with Gasteiger partial charge in [-0.3, -0.25) is 0 Å². The van der Waals surface area contributed by atoms with Gasteiger partial charge >= 0.3 is 5.97 Å². The molecule has 2 aromatic rings. The van der Waals surface area contributed by atoms with Crippen LogP contribution in [0.4, 0.5) is 5.82 Å². The van der Waals surface area contributed by atoms with E-state index in [2.05, 4.69) is 4.98 Å². The average Bonchev–Trinajstić information content (AvgIpc) is 2.67. The fourth-order valence-electron chi connectivity index (χ4n) is 3.16. The van der Waals surface area contributed by atoms with Crippen molar-refractivity contribution in [2.24, 2.45) is 0 Å². The Morgan fingerprint density at radius 3 is 2.58 bits per heavy atom. The Hall–Kier alpha value is -2.80. The second-order valence-corrected chi connectivity index (χ2v) is 5.88. The molecule has 0 fully saturated rings. The SMILES string of the molecule is CCOC(=O)c1ccc(N2Cc3c(OC)ccc(OC)c3[C@@H](O)C2)nc1. The number of fused-ring (bicyclic) bond motifs is 1. The maximum Gasteiger partial charge on any atom is 0.339 e. The lowest BCUT2D eigenvalue weighted by Gasteiger charge is -2.34. The highest BCUT2D eigenvalue weighted by Gasteiger charge is 2.30. The number of pyridine rings is 1. The summed E-state index contributed by atoms with van der Waals surface area (Å²) in [4.78, 5) is 18.0. The summed E-state index contributed by atoms with van der Waals surface area (Å²) < 4.78 is 15.8. The largest absolute Gasteiger partial charge is 0.496 e. The molecule has 0 bridgehead atoms. The summed E-state index contributed by atoms with van der Waals surface area (Å²) in [7, 11) is 3.18. The number of rotatable bonds is 5. The Morgan fingerprint density at radius 1 is 1.23 bits per heavy atom. The number of hydrogen-bond acceptors (Lipinski definition) is 7. The molecule has 0 spiro atoms. The standard InChI is InChI=1S/C19H22N2O5/c1-4-26-19(23)12-5-8-17(20-9-12)21-10-13-15(24-2)6-7-16(25-3)18(13)14(22)11-21/h5-9,14,22H,4,10-11H2,1-3H3/t14-/m0/s1. The van der Waals surface area contributed by atoms with E-state index in [1.165, 1.54) is 6.20 Å². The van der Waals surface area contributed by atoms with Gasteiger partial charge in [-0.25, -0.2) is 9.78 Å². The zero-order valence-electron chi connectivity index (χ0n) is 15.1. The molecule has 26 heavy (non-hydrogen) atoms. The molecule has 0 saturated carbocycles. The zero-order chi connectivity index (χ0) is 18.7. The Bertz CT molecular complexity index is 791. The molecule has 0 unspecified atom stereocenters. The van der Waals surface area contributed by atoms with Crippen molar-refractivity contribution in [2.75, 3.05) is 32.3 Å². The number of methoxy groups -OCH3 is 2. The van der Waals surface area contributed by atoms with Gasteiger partial charge in [0.2, 0.25) is 0 Å². The lowest BCUT2D eigenvalue weighted by atomic mass is 9.95. The number of carbonyl (C=O) groups excluding carboxylic acids is 1. The van der Waals surface area contributed by atoms with Gasteiger partial charge in [0.05, 0.1) is 32.9 Å². The number of ether oxygens (including phenoxy) is 3. The van der Waals surface area contributed by atoms with Crippen LogP contribution in [0.2, 0.25) is 0 Å². The van der Waals surface area contributed by atoms with Gasteiger partial charge < -0.3 is 24.2 Å². The van der Waals surface area contributed by atoms with Gasteiger partial charge in [-0.15, -0.1) is 0 Å². The van der Waals surface area contributed by atoms with Crippen LogP contribution in [0, 0.1) is 0 Å². The lowest BCUT2D eigenvalue weighted by molar-refractivity contribution is 0.0526. The third-order valence-electron chi connectivity index (χ3n) is 4.37. The number of anilines is 1. The molecule has 0 radical (unpaired) electrons. The number of carbonyl (C=O) groups is 1. The highest BCUT2D eigenvalue weighted by atomic mass is 16.5. The molecule has 1 aromatic carbocycles. The van der Waals surface area contributed by atoms with E-state index < -0.39 is 12.1 Å². The summed E-state index contributed by atoms with van der Waals surface area (Å²) in [6.07, 6.45) is 0.744. The second-order valence-electron chi connectivity index (χ2n) is 5.88. The van der Waals surface area contributed by atoms with Gasteiger partial charge in [0.1, 0.15) is 23.4 Å². The first kappa shape index (κ1) is 18.0. The van der Waals surface area contributed by atoms with Crippen LogP contribution < -0.4 is 14.4 Å². The van der Waals surface area contributed by atoms with Crippen LogP contribution in [0.15, 0.2) is 30.5 Å². The number of aromatic nitrogens is 1. The number of aliphatic hydroxyl groups excluding tert-OH is 1. The molecular formula is C19H22N2O5. The van der Waals surface area contributed by atoms with Crippen LogP contribution >= 0.6 is 0 Å². The molecule has 3 rings (SSSR count). The lowest BCUT2D eigenvalue weighted by Crippen LogP contribution is -2.34. The third kappa shape index (κ3) is 3.30. The van der Waals surface area contributed by atoms with Crippen molar-refractivity contribution in [3.8, 4) is 11.5 Å². The molecular weight excluding hydrogens is 336 g/mol. The Kier molecular flexibility index (Phi) is 5.27. The fourth-order valence-corrected chi connectivity index (χ4v) is 3.16. The number of benzene rings is 1.